The maximum Gasteiger partial charge on any atom is 0.304 e. The second-order valence-corrected chi connectivity index (χ2v) is 11.2. The van der Waals surface area contributed by atoms with E-state index in [1.807, 2.05) is 30.3 Å². The van der Waals surface area contributed by atoms with E-state index < -0.39 is 28.7 Å². The third kappa shape index (κ3) is 7.05. The Kier molecular flexibility index (Phi) is 9.28. The van der Waals surface area contributed by atoms with Crippen LogP contribution in [0.15, 0.2) is 60.7 Å². The maximum atomic E-state index is 13.7. The number of rotatable bonds is 10. The van der Waals surface area contributed by atoms with Gasteiger partial charge in [0.25, 0.3) is 0 Å². The number of nitrogens with zero attached hydrogens (tertiary/aromatic N) is 3. The van der Waals surface area contributed by atoms with Crippen molar-refractivity contribution in [3.05, 3.63) is 66.2 Å². The van der Waals surface area contributed by atoms with E-state index in [4.69, 9.17) is 0 Å². The zero-order chi connectivity index (χ0) is 25.4. The Balaban J connectivity index is 1.87. The molecule has 0 aliphatic heterocycles. The SMILES string of the molecule is CC(C(=O)NC1CCCCC1)N(Cc1ccccc1)C(=O)CN(c1ccccc1)S(=O)(=O)N(C)C. The number of amides is 2. The molecule has 1 aliphatic rings. The first-order valence-electron chi connectivity index (χ1n) is 12.1. The highest BCUT2D eigenvalue weighted by Gasteiger charge is 2.33. The summed E-state index contributed by atoms with van der Waals surface area (Å²) in [5.41, 5.74) is 1.24. The third-order valence-corrected chi connectivity index (χ3v) is 8.20. The van der Waals surface area contributed by atoms with Gasteiger partial charge in [0.05, 0.1) is 5.69 Å². The van der Waals surface area contributed by atoms with Crippen LogP contribution in [0, 0.1) is 0 Å². The molecular weight excluding hydrogens is 464 g/mol. The number of nitrogens with one attached hydrogen (secondary N) is 1. The summed E-state index contributed by atoms with van der Waals surface area (Å²) in [7, 11) is -1.09. The number of benzene rings is 2. The molecule has 8 nitrogen and oxygen atoms in total. The van der Waals surface area contributed by atoms with E-state index >= 15 is 0 Å². The van der Waals surface area contributed by atoms with Crippen LogP contribution in [0.4, 0.5) is 5.69 Å². The van der Waals surface area contributed by atoms with Gasteiger partial charge in [0.15, 0.2) is 0 Å². The highest BCUT2D eigenvalue weighted by molar-refractivity contribution is 7.90. The molecule has 0 aromatic heterocycles. The lowest BCUT2D eigenvalue weighted by molar-refractivity contribution is -0.139. The molecule has 3 rings (SSSR count). The van der Waals surface area contributed by atoms with Crippen LogP contribution < -0.4 is 9.62 Å². The van der Waals surface area contributed by atoms with Gasteiger partial charge in [-0.05, 0) is 37.5 Å². The van der Waals surface area contributed by atoms with Gasteiger partial charge in [0, 0.05) is 26.7 Å². The number of carbonyl (C=O) groups excluding carboxylic acids is 2. The summed E-state index contributed by atoms with van der Waals surface area (Å²) in [6.07, 6.45) is 5.22. The first kappa shape index (κ1) is 26.7. The Labute approximate surface area is 209 Å². The average Bonchev–Trinajstić information content (AvgIpc) is 2.86. The lowest BCUT2D eigenvalue weighted by Crippen LogP contribution is -2.53. The summed E-state index contributed by atoms with van der Waals surface area (Å²) in [5, 5.41) is 3.10. The molecule has 2 amide bonds. The van der Waals surface area contributed by atoms with E-state index in [1.165, 1.54) is 25.4 Å². The van der Waals surface area contributed by atoms with Gasteiger partial charge in [-0.25, -0.2) is 4.31 Å². The molecule has 0 heterocycles. The van der Waals surface area contributed by atoms with Gasteiger partial charge < -0.3 is 10.2 Å². The Morgan fingerprint density at radius 1 is 0.943 bits per heavy atom. The van der Waals surface area contributed by atoms with Crippen molar-refractivity contribution in [2.45, 2.75) is 57.7 Å². The van der Waals surface area contributed by atoms with Gasteiger partial charge in [0.1, 0.15) is 12.6 Å². The Morgan fingerprint density at radius 3 is 2.09 bits per heavy atom. The monoisotopic (exact) mass is 500 g/mol. The van der Waals surface area contributed by atoms with Gasteiger partial charge in [-0.2, -0.15) is 12.7 Å². The summed E-state index contributed by atoms with van der Waals surface area (Å²) >= 11 is 0. The van der Waals surface area contributed by atoms with Crippen molar-refractivity contribution in [2.75, 3.05) is 24.9 Å². The molecule has 0 spiro atoms. The summed E-state index contributed by atoms with van der Waals surface area (Å²) in [4.78, 5) is 28.3. The molecule has 0 radical (unpaired) electrons. The van der Waals surface area contributed by atoms with Crippen molar-refractivity contribution < 1.29 is 18.0 Å². The van der Waals surface area contributed by atoms with E-state index in [0.717, 1.165) is 39.9 Å². The quantitative estimate of drug-likeness (QED) is 0.543. The minimum Gasteiger partial charge on any atom is -0.352 e. The van der Waals surface area contributed by atoms with Gasteiger partial charge in [0.2, 0.25) is 11.8 Å². The second-order valence-electron chi connectivity index (χ2n) is 9.16. The number of hydrogen-bond acceptors (Lipinski definition) is 4. The highest BCUT2D eigenvalue weighted by atomic mass is 32.2. The smallest absolute Gasteiger partial charge is 0.304 e. The topological polar surface area (TPSA) is 90.0 Å². The molecule has 1 aliphatic carbocycles. The Morgan fingerprint density at radius 2 is 1.51 bits per heavy atom. The lowest BCUT2D eigenvalue weighted by atomic mass is 9.95. The highest BCUT2D eigenvalue weighted by Crippen LogP contribution is 2.21. The fourth-order valence-corrected chi connectivity index (χ4v) is 5.30. The summed E-state index contributed by atoms with van der Waals surface area (Å²) in [5.74, 6) is -0.669. The Bertz CT molecular complexity index is 1070. The fraction of sp³-hybridized carbons (Fsp3) is 0.462. The number of carbonyl (C=O) groups is 2. The molecular formula is C26H36N4O4S. The number of anilines is 1. The molecule has 2 aromatic rings. The molecule has 0 saturated heterocycles. The van der Waals surface area contributed by atoms with E-state index in [0.29, 0.717) is 5.69 Å². The van der Waals surface area contributed by atoms with Gasteiger partial charge in [-0.1, -0.05) is 67.8 Å². The van der Waals surface area contributed by atoms with E-state index in [9.17, 15) is 18.0 Å². The molecule has 9 heteroatoms. The van der Waals surface area contributed by atoms with Gasteiger partial charge in [-0.15, -0.1) is 0 Å². The molecule has 1 unspecified atom stereocenters. The molecule has 1 saturated carbocycles. The van der Waals surface area contributed by atoms with Crippen LogP contribution in [-0.2, 0) is 26.3 Å². The van der Waals surface area contributed by atoms with Crippen molar-refractivity contribution in [3.63, 3.8) is 0 Å². The molecule has 0 bridgehead atoms. The lowest BCUT2D eigenvalue weighted by Gasteiger charge is -2.33. The summed E-state index contributed by atoms with van der Waals surface area (Å²) in [6.45, 7) is 1.48. The van der Waals surface area contributed by atoms with Crippen LogP contribution in [0.2, 0.25) is 0 Å². The van der Waals surface area contributed by atoms with Crippen LogP contribution in [0.25, 0.3) is 0 Å². The van der Waals surface area contributed by atoms with Crippen LogP contribution in [-0.4, -0.2) is 62.2 Å². The van der Waals surface area contributed by atoms with Crippen molar-refractivity contribution in [1.29, 1.82) is 0 Å². The molecule has 1 atom stereocenters. The molecule has 35 heavy (non-hydrogen) atoms. The first-order valence-corrected chi connectivity index (χ1v) is 13.5. The predicted molar refractivity (Wildman–Crippen MR) is 138 cm³/mol. The van der Waals surface area contributed by atoms with Crippen molar-refractivity contribution in [2.24, 2.45) is 0 Å². The van der Waals surface area contributed by atoms with Crippen molar-refractivity contribution in [1.82, 2.24) is 14.5 Å². The minimum absolute atomic E-state index is 0.113. The van der Waals surface area contributed by atoms with Crippen LogP contribution >= 0.6 is 0 Å². The summed E-state index contributed by atoms with van der Waals surface area (Å²) < 4.78 is 28.4. The average molecular weight is 501 g/mol. The molecule has 190 valence electrons. The Hall–Kier alpha value is -2.91. The van der Waals surface area contributed by atoms with E-state index in [1.54, 1.807) is 37.3 Å². The van der Waals surface area contributed by atoms with Gasteiger partial charge >= 0.3 is 10.2 Å². The van der Waals surface area contributed by atoms with E-state index in [2.05, 4.69) is 5.32 Å². The number of para-hydroxylation sites is 1. The molecule has 1 fully saturated rings. The second kappa shape index (κ2) is 12.2. The van der Waals surface area contributed by atoms with Gasteiger partial charge in [-0.3, -0.25) is 9.59 Å². The van der Waals surface area contributed by atoms with Crippen LogP contribution in [0.3, 0.4) is 0 Å². The normalized spacial score (nSPS) is 15.4. The molecule has 2 aromatic carbocycles. The van der Waals surface area contributed by atoms with Crippen molar-refractivity contribution >= 4 is 27.7 Å². The molecule has 1 N–H and O–H groups in total. The predicted octanol–water partition coefficient (Wildman–Crippen LogP) is 3.17. The van der Waals surface area contributed by atoms with Crippen LogP contribution in [0.1, 0.15) is 44.6 Å². The van der Waals surface area contributed by atoms with Crippen molar-refractivity contribution in [3.8, 4) is 0 Å². The largest absolute Gasteiger partial charge is 0.352 e. The zero-order valence-electron chi connectivity index (χ0n) is 20.8. The van der Waals surface area contributed by atoms with Crippen LogP contribution in [0.5, 0.6) is 0 Å². The number of hydrogen-bond donors (Lipinski definition) is 1. The minimum atomic E-state index is -3.94. The third-order valence-electron chi connectivity index (χ3n) is 6.38. The van der Waals surface area contributed by atoms with E-state index in [-0.39, 0.29) is 18.5 Å². The maximum absolute atomic E-state index is 13.7. The fourth-order valence-electron chi connectivity index (χ4n) is 4.24. The first-order chi connectivity index (χ1) is 16.7. The zero-order valence-corrected chi connectivity index (χ0v) is 21.6. The summed E-state index contributed by atoms with van der Waals surface area (Å²) in [6, 6.07) is 17.3. The standard InChI is InChI=1S/C26H36N4O4S/c1-21(26(32)27-23-15-9-5-10-16-23)29(19-22-13-7-4-8-14-22)25(31)20-30(35(33,34)28(2)3)24-17-11-6-12-18-24/h4,6-8,11-14,17-18,21,23H,5,9-10,15-16,19-20H2,1-3H3,(H,27,32).